The molecule has 0 aromatic carbocycles. The first kappa shape index (κ1) is 53.9. The Hall–Kier alpha value is -0.370. The maximum atomic E-state index is 10.3. The van der Waals surface area contributed by atoms with Gasteiger partial charge >= 0.3 is 0 Å². The van der Waals surface area contributed by atoms with Crippen LogP contribution in [-0.4, -0.2) is 19.5 Å². The Morgan fingerprint density at radius 1 is 1.00 bits per heavy atom. The maximum absolute atomic E-state index is 10.3. The van der Waals surface area contributed by atoms with Crippen molar-refractivity contribution in [3.8, 4) is 0 Å². The number of hydrogen-bond donors (Lipinski definition) is 0. The minimum Gasteiger partial charge on any atom is -0.377 e. The van der Waals surface area contributed by atoms with Gasteiger partial charge in [-0.3, -0.25) is 4.79 Å². The molecule has 0 saturated carbocycles. The lowest BCUT2D eigenvalue weighted by molar-refractivity contribution is -0.122. The van der Waals surface area contributed by atoms with Gasteiger partial charge in [-0.15, -0.1) is 0 Å². The van der Waals surface area contributed by atoms with Crippen LogP contribution in [0.4, 0.5) is 0 Å². The number of ketones is 1. The summed E-state index contributed by atoms with van der Waals surface area (Å²) in [7, 11) is 1.52. The van der Waals surface area contributed by atoms with Gasteiger partial charge in [0, 0.05) is 13.5 Å². The van der Waals surface area contributed by atoms with Gasteiger partial charge in [-0.25, -0.2) is 0 Å². The van der Waals surface area contributed by atoms with E-state index in [1.807, 2.05) is 6.92 Å². The van der Waals surface area contributed by atoms with Crippen LogP contribution < -0.4 is 0 Å². The fourth-order valence-corrected chi connectivity index (χ4v) is 0.263. The van der Waals surface area contributed by atoms with Crippen LogP contribution >= 0.6 is 0 Å². The first-order valence-electron chi connectivity index (χ1n) is 2.32. The van der Waals surface area contributed by atoms with E-state index in [-0.39, 0.29) is 57.0 Å². The van der Waals surface area contributed by atoms with Crippen LogP contribution in [0.2, 0.25) is 0 Å². The molecular formula is C11H34O2. The van der Waals surface area contributed by atoms with Crippen molar-refractivity contribution < 1.29 is 9.53 Å². The number of rotatable bonds is 3. The van der Waals surface area contributed by atoms with Crippen LogP contribution in [0.5, 0.6) is 0 Å². The second kappa shape index (κ2) is 41.5. The molecule has 0 aromatic rings. The number of hydrogen-bond acceptors (Lipinski definition) is 2. The van der Waals surface area contributed by atoms with Crippen molar-refractivity contribution in [2.24, 2.45) is 0 Å². The quantitative estimate of drug-likeness (QED) is 0.670. The van der Waals surface area contributed by atoms with Crippen LogP contribution in [0.15, 0.2) is 0 Å². The molecule has 0 atom stereocenters. The Morgan fingerprint density at radius 2 is 1.31 bits per heavy atom. The molecule has 0 aliphatic carbocycles. The van der Waals surface area contributed by atoms with E-state index >= 15 is 0 Å². The molecule has 0 amide bonds. The number of carbonyl (C=O) groups is 1. The van der Waals surface area contributed by atoms with Crippen molar-refractivity contribution >= 4 is 5.78 Å². The summed E-state index contributed by atoms with van der Waals surface area (Å²) < 4.78 is 4.54. The van der Waals surface area contributed by atoms with Crippen molar-refractivity contribution in [2.45, 2.75) is 57.9 Å². The second-order valence-electron chi connectivity index (χ2n) is 1.33. The molecule has 0 unspecified atom stereocenters. The average molecular weight is 198 g/mol. The summed E-state index contributed by atoms with van der Waals surface area (Å²) in [5.41, 5.74) is 0. The van der Waals surface area contributed by atoms with Crippen molar-refractivity contribution in [2.75, 3.05) is 13.7 Å². The zero-order chi connectivity index (χ0) is 5.70. The summed E-state index contributed by atoms with van der Waals surface area (Å²) >= 11 is 0. The fraction of sp³-hybridized carbons (Fsp3) is 0.909. The molecule has 0 bridgehead atoms. The number of ether oxygens (including phenoxy) is 1. The van der Waals surface area contributed by atoms with Gasteiger partial charge in [0.2, 0.25) is 0 Å². The third-order valence-electron chi connectivity index (χ3n) is 0.700. The van der Waals surface area contributed by atoms with Gasteiger partial charge in [-0.05, 0) is 0 Å². The van der Waals surface area contributed by atoms with Crippen LogP contribution in [0, 0.1) is 0 Å². The van der Waals surface area contributed by atoms with E-state index in [4.69, 9.17) is 0 Å². The number of carbonyl (C=O) groups excluding carboxylic acids is 1. The van der Waals surface area contributed by atoms with Gasteiger partial charge in [0.15, 0.2) is 5.78 Å². The molecule has 0 aromatic heterocycles. The monoisotopic (exact) mass is 198 g/mol. The Bertz CT molecular complexity index is 61.1. The van der Waals surface area contributed by atoms with Gasteiger partial charge in [0.25, 0.3) is 0 Å². The van der Waals surface area contributed by atoms with Gasteiger partial charge in [0.1, 0.15) is 6.61 Å². The van der Waals surface area contributed by atoms with Crippen LogP contribution in [0.25, 0.3) is 0 Å². The summed E-state index contributed by atoms with van der Waals surface area (Å²) in [6.45, 7) is 2.08. The highest BCUT2D eigenvalue weighted by atomic mass is 16.5. The van der Waals surface area contributed by atoms with Crippen molar-refractivity contribution in [1.82, 2.24) is 0 Å². The summed E-state index contributed by atoms with van der Waals surface area (Å²) in [6, 6.07) is 0. The number of methoxy groups -OCH3 is 1. The van der Waals surface area contributed by atoms with Gasteiger partial charge < -0.3 is 4.74 Å². The highest BCUT2D eigenvalue weighted by Crippen LogP contribution is 1.78. The highest BCUT2D eigenvalue weighted by Gasteiger charge is 1.91. The fourth-order valence-electron chi connectivity index (χ4n) is 0.263. The zero-order valence-electron chi connectivity index (χ0n) is 4.73. The van der Waals surface area contributed by atoms with Crippen molar-refractivity contribution in [3.05, 3.63) is 0 Å². The second-order valence-corrected chi connectivity index (χ2v) is 1.33. The predicted octanol–water partition coefficient (Wildman–Crippen LogP) is 4.43. The molecule has 0 aliphatic heterocycles. The Balaban J connectivity index is -0.0000000120. The molecule has 0 radical (unpaired) electrons. The molecule has 90 valence electrons. The lowest BCUT2D eigenvalue weighted by Gasteiger charge is -1.89. The molecule has 0 saturated heterocycles. The predicted molar refractivity (Wildman–Crippen MR) is 67.6 cm³/mol. The first-order chi connectivity index (χ1) is 3.31. The SMILES string of the molecule is C.C.C.C.C.C.CCC(=O)COC. The van der Waals surface area contributed by atoms with E-state index in [2.05, 4.69) is 4.74 Å². The molecule has 0 heterocycles. The third kappa shape index (κ3) is 50.3. The highest BCUT2D eigenvalue weighted by molar-refractivity contribution is 5.79. The summed E-state index contributed by atoms with van der Waals surface area (Å²) in [4.78, 5) is 10.3. The molecule has 2 nitrogen and oxygen atoms in total. The smallest absolute Gasteiger partial charge is 0.158 e. The molecule has 0 aliphatic rings. The standard InChI is InChI=1S/C5H10O2.6CH4/c1-3-5(6)4-7-2;;;;;;/h3-4H2,1-2H3;6*1H4. The minimum absolute atomic E-state index is 0. The topological polar surface area (TPSA) is 26.3 Å². The molecule has 0 N–H and O–H groups in total. The van der Waals surface area contributed by atoms with Crippen LogP contribution in [-0.2, 0) is 9.53 Å². The van der Waals surface area contributed by atoms with Gasteiger partial charge in [-0.1, -0.05) is 51.5 Å². The van der Waals surface area contributed by atoms with E-state index in [0.717, 1.165) is 0 Å². The molecule has 13 heavy (non-hydrogen) atoms. The molecular weight excluding hydrogens is 164 g/mol. The molecule has 0 fully saturated rings. The largest absolute Gasteiger partial charge is 0.377 e. The average Bonchev–Trinajstić information content (AvgIpc) is 1.68. The molecule has 0 rings (SSSR count). The molecule has 0 spiro atoms. The summed E-state index contributed by atoms with van der Waals surface area (Å²) in [5.74, 6) is 0.155. The first-order valence-corrected chi connectivity index (χ1v) is 2.32. The van der Waals surface area contributed by atoms with E-state index < -0.39 is 0 Å². The summed E-state index contributed by atoms with van der Waals surface area (Å²) in [5, 5.41) is 0. The zero-order valence-corrected chi connectivity index (χ0v) is 4.73. The van der Waals surface area contributed by atoms with Crippen molar-refractivity contribution in [3.63, 3.8) is 0 Å². The van der Waals surface area contributed by atoms with E-state index in [9.17, 15) is 4.79 Å². The normalized spacial score (nSPS) is 4.77. The third-order valence-corrected chi connectivity index (χ3v) is 0.700. The van der Waals surface area contributed by atoms with E-state index in [1.54, 1.807) is 0 Å². The van der Waals surface area contributed by atoms with E-state index in [0.29, 0.717) is 6.42 Å². The Kier molecular flexibility index (Phi) is 172. The Labute approximate surface area is 87.7 Å². The molecule has 2 heteroatoms. The lowest BCUT2D eigenvalue weighted by atomic mass is 10.3. The lowest BCUT2D eigenvalue weighted by Crippen LogP contribution is -2.03. The van der Waals surface area contributed by atoms with Gasteiger partial charge in [-0.2, -0.15) is 0 Å². The summed E-state index contributed by atoms with van der Waals surface area (Å²) in [6.07, 6.45) is 0.577. The van der Waals surface area contributed by atoms with Crippen LogP contribution in [0.1, 0.15) is 57.9 Å². The van der Waals surface area contributed by atoms with E-state index in [1.165, 1.54) is 7.11 Å². The minimum atomic E-state index is 0. The maximum Gasteiger partial charge on any atom is 0.158 e. The Morgan fingerprint density at radius 3 is 1.38 bits per heavy atom. The van der Waals surface area contributed by atoms with Crippen LogP contribution in [0.3, 0.4) is 0 Å². The van der Waals surface area contributed by atoms with Gasteiger partial charge in [0.05, 0.1) is 0 Å². The van der Waals surface area contributed by atoms with Crippen molar-refractivity contribution in [1.29, 1.82) is 0 Å². The number of Topliss-reactive ketones (excluding diaryl/α,β-unsaturated/α-hetero) is 1.